The van der Waals surface area contributed by atoms with Crippen molar-refractivity contribution in [2.75, 3.05) is 0 Å². The Bertz CT molecular complexity index is 2010. The first kappa shape index (κ1) is 25.9. The van der Waals surface area contributed by atoms with Crippen molar-refractivity contribution in [1.29, 1.82) is 0 Å². The molecule has 0 aliphatic carbocycles. The standard InChI is InChI=1S/C31H26N6O4/c1-18(2)40-21-8-5-7-20(15-21)31(39)37-25-13-19(3)14-26(22(25)10-11-27(37)38)41-30-23(9-6-12-32-30)28-24-16-35-36(4)29(24)34-17-33-28/h5-18H,1-4H3. The summed E-state index contributed by atoms with van der Waals surface area (Å²) in [7, 11) is 1.81. The van der Waals surface area contributed by atoms with E-state index in [2.05, 4.69) is 20.1 Å². The van der Waals surface area contributed by atoms with Gasteiger partial charge in [0.1, 0.15) is 17.8 Å². The lowest BCUT2D eigenvalue weighted by atomic mass is 10.1. The third-order valence-electron chi connectivity index (χ3n) is 6.54. The first-order chi connectivity index (χ1) is 19.8. The number of rotatable bonds is 6. The van der Waals surface area contributed by atoms with Crippen LogP contribution in [0.3, 0.4) is 0 Å². The van der Waals surface area contributed by atoms with Gasteiger partial charge >= 0.3 is 0 Å². The number of carbonyl (C=O) groups excluding carboxylic acids is 1. The van der Waals surface area contributed by atoms with Crippen LogP contribution in [-0.2, 0) is 7.05 Å². The largest absolute Gasteiger partial charge is 0.491 e. The first-order valence-corrected chi connectivity index (χ1v) is 13.0. The molecule has 6 rings (SSSR count). The predicted octanol–water partition coefficient (Wildman–Crippen LogP) is 5.32. The molecule has 4 aromatic heterocycles. The van der Waals surface area contributed by atoms with Crippen molar-refractivity contribution >= 4 is 27.8 Å². The highest BCUT2D eigenvalue weighted by Crippen LogP contribution is 2.36. The smallest absolute Gasteiger partial charge is 0.265 e. The van der Waals surface area contributed by atoms with Gasteiger partial charge in [0.15, 0.2) is 5.65 Å². The Morgan fingerprint density at radius 2 is 1.80 bits per heavy atom. The minimum Gasteiger partial charge on any atom is -0.491 e. The Morgan fingerprint density at radius 3 is 2.63 bits per heavy atom. The van der Waals surface area contributed by atoms with Crippen LogP contribution in [0.25, 0.3) is 33.2 Å². The molecule has 0 radical (unpaired) electrons. The van der Waals surface area contributed by atoms with Crippen LogP contribution in [0.1, 0.15) is 29.8 Å². The van der Waals surface area contributed by atoms with E-state index in [9.17, 15) is 9.59 Å². The molecule has 0 saturated carbocycles. The van der Waals surface area contributed by atoms with Crippen molar-refractivity contribution in [1.82, 2.24) is 29.3 Å². The van der Waals surface area contributed by atoms with Crippen LogP contribution < -0.4 is 15.0 Å². The minimum atomic E-state index is -0.468. The van der Waals surface area contributed by atoms with E-state index in [1.165, 1.54) is 12.4 Å². The summed E-state index contributed by atoms with van der Waals surface area (Å²) in [5, 5.41) is 5.64. The van der Waals surface area contributed by atoms with Crippen LogP contribution in [0.15, 0.2) is 84.2 Å². The number of fused-ring (bicyclic) bond motifs is 2. The van der Waals surface area contributed by atoms with Gasteiger partial charge in [-0.15, -0.1) is 0 Å². The molecule has 0 saturated heterocycles. The van der Waals surface area contributed by atoms with Gasteiger partial charge in [-0.2, -0.15) is 5.10 Å². The van der Waals surface area contributed by atoms with Gasteiger partial charge in [0.05, 0.1) is 34.5 Å². The molecular formula is C31H26N6O4. The second-order valence-electron chi connectivity index (χ2n) is 9.89. The van der Waals surface area contributed by atoms with Crippen molar-refractivity contribution in [2.24, 2.45) is 7.05 Å². The molecule has 0 spiro atoms. The predicted molar refractivity (Wildman–Crippen MR) is 154 cm³/mol. The molecule has 0 aliphatic rings. The number of carbonyl (C=O) groups is 1. The van der Waals surface area contributed by atoms with Gasteiger partial charge in [-0.25, -0.2) is 19.5 Å². The van der Waals surface area contributed by atoms with Crippen LogP contribution in [0.4, 0.5) is 0 Å². The number of hydrogen-bond acceptors (Lipinski definition) is 8. The molecule has 4 heterocycles. The molecule has 204 valence electrons. The molecule has 2 aromatic carbocycles. The second kappa shape index (κ2) is 10.3. The lowest BCUT2D eigenvalue weighted by molar-refractivity contribution is 0.0960. The number of aryl methyl sites for hydroxylation is 2. The van der Waals surface area contributed by atoms with Crippen molar-refractivity contribution in [2.45, 2.75) is 26.9 Å². The molecule has 0 amide bonds. The van der Waals surface area contributed by atoms with E-state index < -0.39 is 11.5 Å². The van der Waals surface area contributed by atoms with Crippen LogP contribution in [0.5, 0.6) is 17.4 Å². The molecule has 10 heteroatoms. The van der Waals surface area contributed by atoms with E-state index in [1.807, 2.05) is 40.0 Å². The maximum atomic E-state index is 13.7. The zero-order chi connectivity index (χ0) is 28.7. The van der Waals surface area contributed by atoms with Gasteiger partial charge in [-0.1, -0.05) is 6.07 Å². The van der Waals surface area contributed by atoms with Crippen LogP contribution in [0.2, 0.25) is 0 Å². The summed E-state index contributed by atoms with van der Waals surface area (Å²) in [6.45, 7) is 5.69. The van der Waals surface area contributed by atoms with E-state index in [-0.39, 0.29) is 6.10 Å². The van der Waals surface area contributed by atoms with Gasteiger partial charge in [-0.3, -0.25) is 14.3 Å². The van der Waals surface area contributed by atoms with Crippen LogP contribution >= 0.6 is 0 Å². The quantitative estimate of drug-likeness (QED) is 0.276. The van der Waals surface area contributed by atoms with E-state index in [0.29, 0.717) is 50.7 Å². The molecule has 0 aliphatic heterocycles. The fourth-order valence-corrected chi connectivity index (χ4v) is 4.78. The SMILES string of the molecule is Cc1cc(Oc2ncccc2-c2ncnc3c2cnn3C)c2ccc(=O)n(C(=O)c3cccc(OC(C)C)c3)c2c1. The number of hydrogen-bond donors (Lipinski definition) is 0. The van der Waals surface area contributed by atoms with Gasteiger partial charge in [0.25, 0.3) is 11.5 Å². The molecule has 0 atom stereocenters. The monoisotopic (exact) mass is 546 g/mol. The van der Waals surface area contributed by atoms with Crippen LogP contribution in [0, 0.1) is 6.92 Å². The van der Waals surface area contributed by atoms with Gasteiger partial charge < -0.3 is 9.47 Å². The summed E-state index contributed by atoms with van der Waals surface area (Å²) in [6, 6.07) is 17.1. The summed E-state index contributed by atoms with van der Waals surface area (Å²) in [4.78, 5) is 40.1. The summed E-state index contributed by atoms with van der Waals surface area (Å²) in [6.07, 6.45) is 4.75. The van der Waals surface area contributed by atoms with E-state index in [4.69, 9.17) is 9.47 Å². The maximum Gasteiger partial charge on any atom is 0.265 e. The first-order valence-electron chi connectivity index (χ1n) is 13.0. The number of benzene rings is 2. The third kappa shape index (κ3) is 4.80. The minimum absolute atomic E-state index is 0.0592. The van der Waals surface area contributed by atoms with E-state index in [1.54, 1.807) is 59.5 Å². The second-order valence-corrected chi connectivity index (χ2v) is 9.89. The highest BCUT2D eigenvalue weighted by atomic mass is 16.5. The van der Waals surface area contributed by atoms with E-state index in [0.717, 1.165) is 15.5 Å². The molecule has 0 bridgehead atoms. The normalized spacial score (nSPS) is 11.3. The Balaban J connectivity index is 1.47. The van der Waals surface area contributed by atoms with Gasteiger partial charge in [0, 0.05) is 30.3 Å². The lowest BCUT2D eigenvalue weighted by Gasteiger charge is -2.15. The van der Waals surface area contributed by atoms with Crippen LogP contribution in [-0.4, -0.2) is 41.3 Å². The van der Waals surface area contributed by atoms with Crippen molar-refractivity contribution in [3.63, 3.8) is 0 Å². The highest BCUT2D eigenvalue weighted by molar-refractivity contribution is 6.03. The Kier molecular flexibility index (Phi) is 6.50. The molecule has 0 fully saturated rings. The third-order valence-corrected chi connectivity index (χ3v) is 6.54. The Morgan fingerprint density at radius 1 is 0.951 bits per heavy atom. The lowest BCUT2D eigenvalue weighted by Crippen LogP contribution is -2.27. The highest BCUT2D eigenvalue weighted by Gasteiger charge is 2.20. The zero-order valence-electron chi connectivity index (χ0n) is 22.9. The Labute approximate surface area is 234 Å². The zero-order valence-corrected chi connectivity index (χ0v) is 22.9. The summed E-state index contributed by atoms with van der Waals surface area (Å²) in [5.41, 5.74) is 3.04. The number of pyridine rings is 2. The van der Waals surface area contributed by atoms with Crippen molar-refractivity contribution in [3.8, 4) is 28.6 Å². The summed E-state index contributed by atoms with van der Waals surface area (Å²) >= 11 is 0. The number of aromatic nitrogens is 6. The topological polar surface area (TPSA) is 114 Å². The average molecular weight is 547 g/mol. The van der Waals surface area contributed by atoms with Gasteiger partial charge in [0.2, 0.25) is 5.88 Å². The molecule has 10 nitrogen and oxygen atoms in total. The number of ether oxygens (including phenoxy) is 2. The summed E-state index contributed by atoms with van der Waals surface area (Å²) < 4.78 is 15.0. The molecule has 0 N–H and O–H groups in total. The fourth-order valence-electron chi connectivity index (χ4n) is 4.78. The average Bonchev–Trinajstić information content (AvgIpc) is 3.33. The van der Waals surface area contributed by atoms with E-state index >= 15 is 0 Å². The molecule has 0 unspecified atom stereocenters. The molecule has 6 aromatic rings. The molecular weight excluding hydrogens is 520 g/mol. The van der Waals surface area contributed by atoms with Crippen molar-refractivity contribution in [3.05, 3.63) is 101 Å². The Hall–Kier alpha value is -5.38. The van der Waals surface area contributed by atoms with Crippen molar-refractivity contribution < 1.29 is 14.3 Å². The fraction of sp³-hybridized carbons (Fsp3) is 0.161. The maximum absolute atomic E-state index is 13.7. The van der Waals surface area contributed by atoms with Gasteiger partial charge in [-0.05, 0) is 74.9 Å². The molecule has 41 heavy (non-hydrogen) atoms. The number of nitrogens with zero attached hydrogens (tertiary/aromatic N) is 6. The summed E-state index contributed by atoms with van der Waals surface area (Å²) in [5.74, 6) is 0.833.